The fourth-order valence-electron chi connectivity index (χ4n) is 1.45. The van der Waals surface area contributed by atoms with E-state index in [1.807, 2.05) is 60.7 Å². The van der Waals surface area contributed by atoms with Crippen LogP contribution in [0.2, 0.25) is 0 Å². The molecule has 14 heavy (non-hydrogen) atoms. The lowest BCUT2D eigenvalue weighted by atomic mass is 10.4. The van der Waals surface area contributed by atoms with Gasteiger partial charge in [-0.05, 0) is 10.4 Å². The first-order valence-electron chi connectivity index (χ1n) is 4.63. The fraction of sp³-hybridized carbons (Fsp3) is 0. The number of hydrogen-bond acceptors (Lipinski definition) is 0. The fourth-order valence-corrected chi connectivity index (χ4v) is 2.98. The van der Waals surface area contributed by atoms with Crippen LogP contribution in [0.25, 0.3) is 0 Å². The summed E-state index contributed by atoms with van der Waals surface area (Å²) in [5.41, 5.74) is 0. The van der Waals surface area contributed by atoms with E-state index in [-0.39, 0.29) is 0 Å². The van der Waals surface area contributed by atoms with Gasteiger partial charge in [-0.3, -0.25) is 4.80 Å². The highest BCUT2D eigenvalue weighted by Gasteiger charge is 2.13. The van der Waals surface area contributed by atoms with Gasteiger partial charge in [-0.25, -0.2) is 0 Å². The lowest BCUT2D eigenvalue weighted by Crippen LogP contribution is -2.40. The van der Waals surface area contributed by atoms with Crippen LogP contribution in [0.4, 0.5) is 0 Å². The first-order chi connectivity index (χ1) is 6.88. The van der Waals surface area contributed by atoms with Gasteiger partial charge >= 0.3 is 0 Å². The average molecular weight is 199 g/mol. The van der Waals surface area contributed by atoms with Crippen molar-refractivity contribution in [1.29, 1.82) is 0 Å². The van der Waals surface area contributed by atoms with E-state index in [4.69, 9.17) is 0 Å². The predicted molar refractivity (Wildman–Crippen MR) is 60.0 cm³/mol. The summed E-state index contributed by atoms with van der Waals surface area (Å²) in [6, 6.07) is 19.3. The molecule has 2 aromatic rings. The van der Waals surface area contributed by atoms with E-state index in [9.17, 15) is 4.80 Å². The van der Waals surface area contributed by atoms with Gasteiger partial charge in [-0.2, -0.15) is 0 Å². The Bertz CT molecular complexity index is 346. The van der Waals surface area contributed by atoms with Crippen LogP contribution in [0.3, 0.4) is 0 Å². The van der Waals surface area contributed by atoms with Crippen LogP contribution in [-0.2, 0) is 4.80 Å². The maximum Gasteiger partial charge on any atom is 0.283 e. The Kier molecular flexibility index (Phi) is 2.77. The van der Waals surface area contributed by atoms with Gasteiger partial charge in [0.2, 0.25) is 0 Å². The molecule has 0 aliphatic carbocycles. The molecule has 69 valence electrons. The summed E-state index contributed by atoms with van der Waals surface area (Å²) in [5, 5.41) is 1.91. The van der Waals surface area contributed by atoms with Crippen LogP contribution in [-0.4, -0.2) is 9.04 Å². The van der Waals surface area contributed by atoms with Crippen LogP contribution < -0.4 is 10.4 Å². The highest BCUT2D eigenvalue weighted by molar-refractivity contribution is 6.78. The Balaban J connectivity index is 2.30. The van der Waals surface area contributed by atoms with E-state index < -0.39 is 9.04 Å². The quantitative estimate of drug-likeness (QED) is 0.642. The largest absolute Gasteiger partial charge is 0.290 e. The molecule has 0 fully saturated rings. The van der Waals surface area contributed by atoms with Crippen molar-refractivity contribution in [2.75, 3.05) is 0 Å². The lowest BCUT2D eigenvalue weighted by Gasteiger charge is -2.05. The molecule has 1 radical (unpaired) electrons. The minimum absolute atomic E-state index is 0.957. The van der Waals surface area contributed by atoms with Crippen molar-refractivity contribution in [3.63, 3.8) is 0 Å². The summed E-state index contributed by atoms with van der Waals surface area (Å²) in [6.45, 7) is 0. The molecular formula is C12H11OSi. The molecule has 0 bridgehead atoms. The van der Waals surface area contributed by atoms with Crippen molar-refractivity contribution >= 4 is 19.4 Å². The van der Waals surface area contributed by atoms with Crippen molar-refractivity contribution in [1.82, 2.24) is 0 Å². The van der Waals surface area contributed by atoms with Crippen molar-refractivity contribution in [3.05, 3.63) is 60.7 Å². The molecule has 0 aliphatic heterocycles. The lowest BCUT2D eigenvalue weighted by molar-refractivity contribution is 0.471. The van der Waals surface area contributed by atoms with E-state index in [0.29, 0.717) is 0 Å². The number of hydrogen-bond donors (Lipinski definition) is 0. The Morgan fingerprint density at radius 1 is 0.643 bits per heavy atom. The summed E-state index contributed by atoms with van der Waals surface area (Å²) in [7, 11) is -2.17. The SMILES string of the molecule is [O][SiH](c1ccccc1)c1ccccc1. The normalized spacial score (nSPS) is 10.4. The van der Waals surface area contributed by atoms with Crippen LogP contribution in [0, 0.1) is 0 Å². The first kappa shape index (κ1) is 9.18. The molecule has 0 saturated carbocycles. The topological polar surface area (TPSA) is 19.9 Å². The average Bonchev–Trinajstić information content (AvgIpc) is 2.30. The van der Waals surface area contributed by atoms with Gasteiger partial charge in [0.1, 0.15) is 0 Å². The summed E-state index contributed by atoms with van der Waals surface area (Å²) in [6.07, 6.45) is 0. The molecule has 0 N–H and O–H groups in total. The monoisotopic (exact) mass is 199 g/mol. The standard InChI is InChI=1S/C12H11OSi/c13-14(11-7-3-1-4-8-11)12-9-5-2-6-10-12/h1-10,14H. The van der Waals surface area contributed by atoms with Crippen molar-refractivity contribution in [2.45, 2.75) is 0 Å². The molecule has 1 nitrogen and oxygen atoms in total. The van der Waals surface area contributed by atoms with Gasteiger partial charge in [-0.1, -0.05) is 60.7 Å². The molecule has 0 aliphatic rings. The van der Waals surface area contributed by atoms with Crippen LogP contribution in [0.5, 0.6) is 0 Å². The minimum atomic E-state index is -2.17. The van der Waals surface area contributed by atoms with Gasteiger partial charge < -0.3 is 0 Å². The molecule has 2 aromatic carbocycles. The Hall–Kier alpha value is -1.38. The molecule has 0 amide bonds. The van der Waals surface area contributed by atoms with Gasteiger partial charge in [0.25, 0.3) is 9.04 Å². The van der Waals surface area contributed by atoms with E-state index >= 15 is 0 Å². The number of rotatable bonds is 2. The molecule has 0 aromatic heterocycles. The van der Waals surface area contributed by atoms with Gasteiger partial charge in [0.15, 0.2) is 0 Å². The zero-order valence-corrected chi connectivity index (χ0v) is 8.91. The van der Waals surface area contributed by atoms with E-state index in [2.05, 4.69) is 0 Å². The summed E-state index contributed by atoms with van der Waals surface area (Å²) < 4.78 is 0. The molecule has 0 saturated heterocycles. The summed E-state index contributed by atoms with van der Waals surface area (Å²) in [5.74, 6) is 0. The van der Waals surface area contributed by atoms with Crippen LogP contribution in [0.15, 0.2) is 60.7 Å². The molecule has 2 heteroatoms. The second-order valence-corrected chi connectivity index (χ2v) is 5.29. The second-order valence-electron chi connectivity index (χ2n) is 3.20. The van der Waals surface area contributed by atoms with Crippen molar-refractivity contribution < 1.29 is 4.80 Å². The van der Waals surface area contributed by atoms with Crippen LogP contribution >= 0.6 is 0 Å². The van der Waals surface area contributed by atoms with Gasteiger partial charge in [0, 0.05) is 0 Å². The van der Waals surface area contributed by atoms with Crippen molar-refractivity contribution in [2.24, 2.45) is 0 Å². The van der Waals surface area contributed by atoms with Gasteiger partial charge in [0.05, 0.1) is 0 Å². The summed E-state index contributed by atoms with van der Waals surface area (Å²) in [4.78, 5) is 12.1. The zero-order valence-electron chi connectivity index (χ0n) is 7.76. The molecular weight excluding hydrogens is 188 g/mol. The molecule has 0 unspecified atom stereocenters. The number of benzene rings is 2. The Labute approximate surface area is 85.4 Å². The highest BCUT2D eigenvalue weighted by atomic mass is 28.3. The van der Waals surface area contributed by atoms with Crippen LogP contribution in [0.1, 0.15) is 0 Å². The molecule has 0 atom stereocenters. The molecule has 2 rings (SSSR count). The third-order valence-electron chi connectivity index (χ3n) is 2.20. The predicted octanol–water partition coefficient (Wildman–Crippen LogP) is 0.955. The zero-order chi connectivity index (χ0) is 9.80. The minimum Gasteiger partial charge on any atom is -0.290 e. The Morgan fingerprint density at radius 2 is 1.00 bits per heavy atom. The van der Waals surface area contributed by atoms with E-state index in [1.165, 1.54) is 0 Å². The molecule has 0 heterocycles. The van der Waals surface area contributed by atoms with Gasteiger partial charge in [-0.15, -0.1) is 0 Å². The Morgan fingerprint density at radius 3 is 1.36 bits per heavy atom. The van der Waals surface area contributed by atoms with E-state index in [0.717, 1.165) is 10.4 Å². The maximum absolute atomic E-state index is 12.1. The third kappa shape index (κ3) is 1.92. The van der Waals surface area contributed by atoms with E-state index in [1.54, 1.807) is 0 Å². The third-order valence-corrected chi connectivity index (χ3v) is 4.19. The van der Waals surface area contributed by atoms with Crippen molar-refractivity contribution in [3.8, 4) is 0 Å². The summed E-state index contributed by atoms with van der Waals surface area (Å²) >= 11 is 0. The maximum atomic E-state index is 12.1. The molecule has 0 spiro atoms. The highest BCUT2D eigenvalue weighted by Crippen LogP contribution is 1.89. The first-order valence-corrected chi connectivity index (χ1v) is 6.26. The second kappa shape index (κ2) is 4.22. The smallest absolute Gasteiger partial charge is 0.283 e.